The maximum absolute atomic E-state index is 12.9. The number of ether oxygens (including phenoxy) is 1. The van der Waals surface area contributed by atoms with Gasteiger partial charge in [-0.1, -0.05) is 12.1 Å². The Hall–Kier alpha value is -1.14. The predicted octanol–water partition coefficient (Wildman–Crippen LogP) is 0.487. The van der Waals surface area contributed by atoms with E-state index in [4.69, 9.17) is 14.8 Å². The van der Waals surface area contributed by atoms with Crippen LogP contribution in [-0.2, 0) is 5.92 Å². The van der Waals surface area contributed by atoms with Gasteiger partial charge in [0, 0.05) is 17.9 Å². The standard InChI is InChI=1S/C9H11BF2O3/c1-9(11,12)6-3-4-7(10(13)14)8(5-6)15-2/h3-5,13-14H,1-2H3. The van der Waals surface area contributed by atoms with Crippen molar-refractivity contribution >= 4 is 12.6 Å². The molecule has 1 rings (SSSR count). The second-order valence-electron chi connectivity index (χ2n) is 3.22. The first-order valence-electron chi connectivity index (χ1n) is 4.28. The first-order valence-corrected chi connectivity index (χ1v) is 4.28. The van der Waals surface area contributed by atoms with Crippen LogP contribution in [0, 0.1) is 0 Å². The van der Waals surface area contributed by atoms with Gasteiger partial charge in [-0.3, -0.25) is 0 Å². The van der Waals surface area contributed by atoms with Gasteiger partial charge in [-0.25, -0.2) is 8.78 Å². The van der Waals surface area contributed by atoms with Gasteiger partial charge in [0.05, 0.1) is 7.11 Å². The number of hydrogen-bond acceptors (Lipinski definition) is 3. The summed E-state index contributed by atoms with van der Waals surface area (Å²) in [6.07, 6.45) is 0. The van der Waals surface area contributed by atoms with Gasteiger partial charge in [-0.2, -0.15) is 0 Å². The molecular weight excluding hydrogens is 205 g/mol. The van der Waals surface area contributed by atoms with Gasteiger partial charge < -0.3 is 14.8 Å². The molecule has 15 heavy (non-hydrogen) atoms. The Balaban J connectivity index is 3.19. The van der Waals surface area contributed by atoms with Crippen LogP contribution in [0.2, 0.25) is 0 Å². The maximum Gasteiger partial charge on any atom is 0.492 e. The van der Waals surface area contributed by atoms with E-state index < -0.39 is 13.0 Å². The molecule has 0 aliphatic rings. The lowest BCUT2D eigenvalue weighted by molar-refractivity contribution is 0.0173. The number of alkyl halides is 2. The number of hydrogen-bond donors (Lipinski definition) is 2. The van der Waals surface area contributed by atoms with E-state index in [-0.39, 0.29) is 16.8 Å². The van der Waals surface area contributed by atoms with Crippen LogP contribution >= 0.6 is 0 Å². The summed E-state index contributed by atoms with van der Waals surface area (Å²) in [6.45, 7) is 0.761. The zero-order valence-corrected chi connectivity index (χ0v) is 8.37. The molecular formula is C9H11BF2O3. The third kappa shape index (κ3) is 2.67. The quantitative estimate of drug-likeness (QED) is 0.722. The van der Waals surface area contributed by atoms with Crippen LogP contribution in [0.25, 0.3) is 0 Å². The van der Waals surface area contributed by atoms with Gasteiger partial charge in [-0.15, -0.1) is 0 Å². The van der Waals surface area contributed by atoms with E-state index in [0.717, 1.165) is 19.1 Å². The minimum atomic E-state index is -2.98. The molecule has 0 bridgehead atoms. The molecule has 0 atom stereocenters. The van der Waals surface area contributed by atoms with Crippen molar-refractivity contribution in [3.63, 3.8) is 0 Å². The topological polar surface area (TPSA) is 49.7 Å². The molecule has 3 nitrogen and oxygen atoms in total. The summed E-state index contributed by atoms with van der Waals surface area (Å²) >= 11 is 0. The smallest absolute Gasteiger partial charge is 0.492 e. The van der Waals surface area contributed by atoms with Gasteiger partial charge in [-0.05, 0) is 6.07 Å². The summed E-state index contributed by atoms with van der Waals surface area (Å²) in [5, 5.41) is 17.8. The van der Waals surface area contributed by atoms with E-state index >= 15 is 0 Å². The molecule has 0 aromatic heterocycles. The maximum atomic E-state index is 12.9. The number of methoxy groups -OCH3 is 1. The van der Waals surface area contributed by atoms with Gasteiger partial charge in [0.15, 0.2) is 0 Å². The highest BCUT2D eigenvalue weighted by Crippen LogP contribution is 2.28. The van der Waals surface area contributed by atoms with Gasteiger partial charge >= 0.3 is 7.12 Å². The second-order valence-corrected chi connectivity index (χ2v) is 3.22. The monoisotopic (exact) mass is 216 g/mol. The molecule has 0 saturated heterocycles. The summed E-state index contributed by atoms with van der Waals surface area (Å²) in [7, 11) is -0.460. The van der Waals surface area contributed by atoms with Crippen LogP contribution in [0.5, 0.6) is 5.75 Å². The van der Waals surface area contributed by atoms with E-state index in [2.05, 4.69) is 0 Å². The largest absolute Gasteiger partial charge is 0.497 e. The average Bonchev–Trinajstić information content (AvgIpc) is 2.15. The van der Waals surface area contributed by atoms with Crippen molar-refractivity contribution in [1.82, 2.24) is 0 Å². The van der Waals surface area contributed by atoms with Crippen molar-refractivity contribution in [3.05, 3.63) is 23.8 Å². The number of benzene rings is 1. The Bertz CT molecular complexity index is 350. The van der Waals surface area contributed by atoms with Crippen LogP contribution in [0.3, 0.4) is 0 Å². The molecule has 0 unspecified atom stereocenters. The first kappa shape index (κ1) is 11.9. The molecule has 0 radical (unpaired) electrons. The molecule has 0 saturated carbocycles. The van der Waals surface area contributed by atoms with Gasteiger partial charge in [0.2, 0.25) is 0 Å². The van der Waals surface area contributed by atoms with Crippen molar-refractivity contribution < 1.29 is 23.6 Å². The fourth-order valence-electron chi connectivity index (χ4n) is 1.20. The van der Waals surface area contributed by atoms with E-state index in [1.54, 1.807) is 0 Å². The highest BCUT2D eigenvalue weighted by molar-refractivity contribution is 6.59. The van der Waals surface area contributed by atoms with Crippen LogP contribution in [0.15, 0.2) is 18.2 Å². The first-order chi connectivity index (χ1) is 6.86. The lowest BCUT2D eigenvalue weighted by atomic mass is 9.79. The summed E-state index contributed by atoms with van der Waals surface area (Å²) < 4.78 is 30.6. The Morgan fingerprint density at radius 2 is 1.93 bits per heavy atom. The van der Waals surface area contributed by atoms with Crippen molar-refractivity contribution in [2.45, 2.75) is 12.8 Å². The van der Waals surface area contributed by atoms with Crippen LogP contribution in [-0.4, -0.2) is 24.3 Å². The summed E-state index contributed by atoms with van der Waals surface area (Å²) in [6, 6.07) is 3.43. The molecule has 1 aromatic rings. The van der Waals surface area contributed by atoms with Crippen LogP contribution in [0.1, 0.15) is 12.5 Å². The SMILES string of the molecule is COc1cc(C(C)(F)F)ccc1B(O)O. The van der Waals surface area contributed by atoms with E-state index in [1.165, 1.54) is 13.2 Å². The molecule has 0 aliphatic carbocycles. The fourth-order valence-corrected chi connectivity index (χ4v) is 1.20. The summed E-state index contributed by atoms with van der Waals surface area (Å²) in [5.41, 5.74) is -0.172. The summed E-state index contributed by atoms with van der Waals surface area (Å²) in [4.78, 5) is 0. The lowest BCUT2D eigenvalue weighted by Gasteiger charge is -2.14. The zero-order chi connectivity index (χ0) is 11.6. The van der Waals surface area contributed by atoms with Crippen molar-refractivity contribution in [1.29, 1.82) is 0 Å². The Labute approximate surface area is 86.5 Å². The van der Waals surface area contributed by atoms with Crippen molar-refractivity contribution in [3.8, 4) is 5.75 Å². The predicted molar refractivity (Wildman–Crippen MR) is 52.4 cm³/mol. The third-order valence-corrected chi connectivity index (χ3v) is 2.02. The fraction of sp³-hybridized carbons (Fsp3) is 0.333. The molecule has 0 amide bonds. The minimum absolute atomic E-state index is 0.0315. The number of rotatable bonds is 3. The average molecular weight is 216 g/mol. The van der Waals surface area contributed by atoms with E-state index in [9.17, 15) is 8.78 Å². The second kappa shape index (κ2) is 4.16. The van der Waals surface area contributed by atoms with Crippen molar-refractivity contribution in [2.75, 3.05) is 7.11 Å². The minimum Gasteiger partial charge on any atom is -0.497 e. The normalized spacial score (nSPS) is 11.3. The Kier molecular flexibility index (Phi) is 3.31. The van der Waals surface area contributed by atoms with Gasteiger partial charge in [0.1, 0.15) is 5.75 Å². The lowest BCUT2D eigenvalue weighted by Crippen LogP contribution is -2.31. The number of halogens is 2. The third-order valence-electron chi connectivity index (χ3n) is 2.02. The van der Waals surface area contributed by atoms with Gasteiger partial charge in [0.25, 0.3) is 5.92 Å². The molecule has 0 aliphatic heterocycles. The highest BCUT2D eigenvalue weighted by atomic mass is 19.3. The van der Waals surface area contributed by atoms with E-state index in [0.29, 0.717) is 0 Å². The van der Waals surface area contributed by atoms with Crippen LogP contribution < -0.4 is 10.2 Å². The summed E-state index contributed by atoms with van der Waals surface area (Å²) in [5.74, 6) is -2.95. The highest BCUT2D eigenvalue weighted by Gasteiger charge is 2.27. The van der Waals surface area contributed by atoms with Crippen LogP contribution in [0.4, 0.5) is 8.78 Å². The molecule has 0 fully saturated rings. The zero-order valence-electron chi connectivity index (χ0n) is 8.37. The molecule has 0 heterocycles. The Morgan fingerprint density at radius 3 is 2.33 bits per heavy atom. The molecule has 6 heteroatoms. The molecule has 1 aromatic carbocycles. The Morgan fingerprint density at radius 1 is 1.33 bits per heavy atom. The van der Waals surface area contributed by atoms with E-state index in [1.807, 2.05) is 0 Å². The van der Waals surface area contributed by atoms with Crippen molar-refractivity contribution in [2.24, 2.45) is 0 Å². The molecule has 0 spiro atoms. The molecule has 2 N–H and O–H groups in total. The molecule has 82 valence electrons.